The summed E-state index contributed by atoms with van der Waals surface area (Å²) >= 11 is 5.85. The third-order valence-corrected chi connectivity index (χ3v) is 4.60. The molecule has 1 aliphatic carbocycles. The highest BCUT2D eigenvalue weighted by Crippen LogP contribution is 2.39. The van der Waals surface area contributed by atoms with Gasteiger partial charge in [0.1, 0.15) is 0 Å². The van der Waals surface area contributed by atoms with E-state index in [1.807, 2.05) is 6.07 Å². The number of hydrogen-bond acceptors (Lipinski definition) is 2. The number of pyridine rings is 1. The number of nitrogens with zero attached hydrogens (tertiary/aromatic N) is 1. The van der Waals surface area contributed by atoms with E-state index in [1.165, 1.54) is 12.1 Å². The Balaban J connectivity index is 1.75. The highest BCUT2D eigenvalue weighted by molar-refractivity contribution is 6.32. The lowest BCUT2D eigenvalue weighted by Crippen LogP contribution is -2.28. The van der Waals surface area contributed by atoms with E-state index in [0.29, 0.717) is 12.1 Å². The maximum absolute atomic E-state index is 12.9. The highest BCUT2D eigenvalue weighted by Gasteiger charge is 2.34. The summed E-state index contributed by atoms with van der Waals surface area (Å²) in [6.07, 6.45) is -2.47. The number of allylic oxidation sites excluding steroid dienone is 1. The lowest BCUT2D eigenvalue weighted by atomic mass is 10.0. The molecule has 1 aliphatic rings. The Morgan fingerprint density at radius 1 is 1.32 bits per heavy atom. The Kier molecular flexibility index (Phi) is 4.56. The number of aromatic nitrogens is 1. The van der Waals surface area contributed by atoms with Gasteiger partial charge < -0.3 is 5.32 Å². The second-order valence-electron chi connectivity index (χ2n) is 5.80. The number of amides is 1. The molecule has 1 N–H and O–H groups in total. The normalized spacial score (nSPS) is 16.6. The minimum Gasteiger partial charge on any atom is -0.351 e. The summed E-state index contributed by atoms with van der Waals surface area (Å²) in [4.78, 5) is 16.7. The van der Waals surface area contributed by atoms with Crippen LogP contribution in [0.25, 0.3) is 5.57 Å². The number of carbonyl (C=O) groups excluding carboxylic acids is 1. The van der Waals surface area contributed by atoms with Crippen LogP contribution in [0.2, 0.25) is 5.02 Å². The third-order valence-electron chi connectivity index (χ3n) is 4.15. The zero-order valence-electron chi connectivity index (χ0n) is 13.0. The Bertz CT molecular complexity index is 848. The number of nitrogens with one attached hydrogen (secondary N) is 1. The maximum Gasteiger partial charge on any atom is 0.417 e. The van der Waals surface area contributed by atoms with Crippen LogP contribution >= 0.6 is 11.6 Å². The van der Waals surface area contributed by atoms with E-state index in [4.69, 9.17) is 11.6 Å². The van der Waals surface area contributed by atoms with Crippen LogP contribution < -0.4 is 5.32 Å². The molecule has 1 aromatic heterocycles. The first-order chi connectivity index (χ1) is 11.8. The topological polar surface area (TPSA) is 42.0 Å². The highest BCUT2D eigenvalue weighted by atomic mass is 35.5. The molecule has 25 heavy (non-hydrogen) atoms. The Morgan fingerprint density at radius 3 is 2.80 bits per heavy atom. The molecule has 7 heteroatoms. The summed E-state index contributed by atoms with van der Waals surface area (Å²) in [5.74, 6) is -0.734. The van der Waals surface area contributed by atoms with Gasteiger partial charge in [0.05, 0.1) is 22.2 Å². The number of benzene rings is 1. The zero-order valence-corrected chi connectivity index (χ0v) is 13.8. The SMILES string of the molecule is C=C1CC(C(=O)NCc2cccc(C(F)(F)F)c2Cl)c2cccnc21. The monoisotopic (exact) mass is 366 g/mol. The number of hydrogen-bond donors (Lipinski definition) is 1. The van der Waals surface area contributed by atoms with Crippen molar-refractivity contribution in [1.82, 2.24) is 10.3 Å². The summed E-state index contributed by atoms with van der Waals surface area (Å²) < 4.78 is 38.7. The molecular weight excluding hydrogens is 353 g/mol. The standard InChI is InChI=1S/C18H14ClF3N2O/c1-10-8-13(12-5-3-7-23-16(10)12)17(25)24-9-11-4-2-6-14(15(11)19)18(20,21)22/h2-7,13H,1,8-9H2,(H,24,25). The van der Waals surface area contributed by atoms with Gasteiger partial charge in [-0.15, -0.1) is 0 Å². The Hall–Kier alpha value is -2.34. The minimum atomic E-state index is -4.54. The predicted octanol–water partition coefficient (Wildman–Crippen LogP) is 4.57. The van der Waals surface area contributed by atoms with Gasteiger partial charge in [-0.1, -0.05) is 36.4 Å². The number of rotatable bonds is 3. The largest absolute Gasteiger partial charge is 0.417 e. The average molecular weight is 367 g/mol. The summed E-state index contributed by atoms with van der Waals surface area (Å²) in [5.41, 5.74) is 1.56. The molecule has 0 radical (unpaired) electrons. The molecule has 2 aromatic rings. The van der Waals surface area contributed by atoms with Gasteiger partial charge in [0.2, 0.25) is 5.91 Å². The predicted molar refractivity (Wildman–Crippen MR) is 88.9 cm³/mol. The summed E-state index contributed by atoms with van der Waals surface area (Å²) in [6, 6.07) is 7.19. The average Bonchev–Trinajstić information content (AvgIpc) is 2.90. The molecule has 1 atom stereocenters. The molecule has 3 rings (SSSR count). The molecule has 130 valence electrons. The van der Waals surface area contributed by atoms with Gasteiger partial charge >= 0.3 is 6.18 Å². The lowest BCUT2D eigenvalue weighted by Gasteiger charge is -2.15. The summed E-state index contributed by atoms with van der Waals surface area (Å²) in [6.45, 7) is 3.83. The quantitative estimate of drug-likeness (QED) is 0.864. The molecule has 3 nitrogen and oxygen atoms in total. The van der Waals surface area contributed by atoms with Crippen LogP contribution in [0.5, 0.6) is 0 Å². The van der Waals surface area contributed by atoms with Crippen molar-refractivity contribution >= 4 is 23.1 Å². The van der Waals surface area contributed by atoms with Crippen LogP contribution in [0.15, 0.2) is 43.1 Å². The van der Waals surface area contributed by atoms with Gasteiger partial charge in [-0.3, -0.25) is 9.78 Å². The van der Waals surface area contributed by atoms with Gasteiger partial charge in [-0.25, -0.2) is 0 Å². The van der Waals surface area contributed by atoms with Crippen molar-refractivity contribution in [2.45, 2.75) is 25.1 Å². The fourth-order valence-corrected chi connectivity index (χ4v) is 3.22. The molecule has 0 aliphatic heterocycles. The van der Waals surface area contributed by atoms with Gasteiger partial charge in [0.15, 0.2) is 0 Å². The molecule has 1 amide bonds. The van der Waals surface area contributed by atoms with E-state index in [-0.39, 0.29) is 18.0 Å². The van der Waals surface area contributed by atoms with Crippen molar-refractivity contribution in [2.75, 3.05) is 0 Å². The van der Waals surface area contributed by atoms with E-state index in [2.05, 4.69) is 16.9 Å². The number of halogens is 4. The fraction of sp³-hybridized carbons (Fsp3) is 0.222. The van der Waals surface area contributed by atoms with Crippen LogP contribution in [0.4, 0.5) is 13.2 Å². The smallest absolute Gasteiger partial charge is 0.351 e. The fourth-order valence-electron chi connectivity index (χ4n) is 2.92. The van der Waals surface area contributed by atoms with E-state index < -0.39 is 22.7 Å². The van der Waals surface area contributed by atoms with Crippen LogP contribution in [0, 0.1) is 0 Å². The molecule has 0 saturated carbocycles. The molecule has 0 saturated heterocycles. The van der Waals surface area contributed by atoms with Gasteiger partial charge in [-0.2, -0.15) is 13.2 Å². The van der Waals surface area contributed by atoms with Crippen molar-refractivity contribution in [1.29, 1.82) is 0 Å². The molecular formula is C18H14ClF3N2O. The van der Waals surface area contributed by atoms with E-state index in [1.54, 1.807) is 12.3 Å². The van der Waals surface area contributed by atoms with Gasteiger partial charge in [0.25, 0.3) is 0 Å². The molecule has 0 spiro atoms. The van der Waals surface area contributed by atoms with Crippen LogP contribution in [0.3, 0.4) is 0 Å². The first kappa shape index (κ1) is 17.5. The van der Waals surface area contributed by atoms with Crippen LogP contribution in [-0.4, -0.2) is 10.9 Å². The van der Waals surface area contributed by atoms with Crippen molar-refractivity contribution in [3.05, 3.63) is 70.5 Å². The number of fused-ring (bicyclic) bond motifs is 1. The van der Waals surface area contributed by atoms with Crippen molar-refractivity contribution in [2.24, 2.45) is 0 Å². The summed E-state index contributed by atoms with van der Waals surface area (Å²) in [5, 5.41) is 2.27. The van der Waals surface area contributed by atoms with Crippen molar-refractivity contribution in [3.63, 3.8) is 0 Å². The minimum absolute atomic E-state index is 0.0832. The van der Waals surface area contributed by atoms with E-state index in [9.17, 15) is 18.0 Å². The van der Waals surface area contributed by atoms with Crippen LogP contribution in [-0.2, 0) is 17.5 Å². The number of carbonyl (C=O) groups is 1. The van der Waals surface area contributed by atoms with Crippen molar-refractivity contribution in [3.8, 4) is 0 Å². The van der Waals surface area contributed by atoms with E-state index >= 15 is 0 Å². The molecule has 0 bridgehead atoms. The third kappa shape index (κ3) is 3.39. The second-order valence-corrected chi connectivity index (χ2v) is 6.17. The molecule has 0 fully saturated rings. The van der Waals surface area contributed by atoms with Crippen LogP contribution in [0.1, 0.15) is 34.7 Å². The Morgan fingerprint density at radius 2 is 2.08 bits per heavy atom. The molecule has 1 unspecified atom stereocenters. The Labute approximate surface area is 147 Å². The van der Waals surface area contributed by atoms with Crippen molar-refractivity contribution < 1.29 is 18.0 Å². The van der Waals surface area contributed by atoms with Gasteiger partial charge in [0, 0.05) is 12.7 Å². The lowest BCUT2D eigenvalue weighted by molar-refractivity contribution is -0.137. The maximum atomic E-state index is 12.9. The molecule has 1 heterocycles. The first-order valence-electron chi connectivity index (χ1n) is 7.54. The number of alkyl halides is 3. The first-order valence-corrected chi connectivity index (χ1v) is 7.92. The second kappa shape index (κ2) is 6.52. The molecule has 1 aromatic carbocycles. The zero-order chi connectivity index (χ0) is 18.2. The summed E-state index contributed by atoms with van der Waals surface area (Å²) in [7, 11) is 0. The van der Waals surface area contributed by atoms with Gasteiger partial charge in [-0.05, 0) is 35.3 Å². The van der Waals surface area contributed by atoms with E-state index in [0.717, 1.165) is 17.2 Å².